The van der Waals surface area contributed by atoms with Gasteiger partial charge in [-0.25, -0.2) is 0 Å². The third-order valence-corrected chi connectivity index (χ3v) is 4.65. The summed E-state index contributed by atoms with van der Waals surface area (Å²) in [5.74, 6) is -0.381. The van der Waals surface area contributed by atoms with E-state index in [1.807, 2.05) is 20.8 Å². The molecule has 2 heterocycles. The normalized spacial score (nSPS) is 16.2. The second-order valence-electron chi connectivity index (χ2n) is 8.19. The summed E-state index contributed by atoms with van der Waals surface area (Å²) >= 11 is 0. The van der Waals surface area contributed by atoms with Gasteiger partial charge in [-0.3, -0.25) is 14.9 Å². The van der Waals surface area contributed by atoms with Crippen molar-refractivity contribution in [2.75, 3.05) is 30.7 Å². The van der Waals surface area contributed by atoms with Crippen molar-refractivity contribution < 1.29 is 18.7 Å². The zero-order chi connectivity index (χ0) is 20.3. The molecule has 0 saturated carbocycles. The van der Waals surface area contributed by atoms with Crippen LogP contribution in [0.5, 0.6) is 0 Å². The molecule has 0 radical (unpaired) electrons. The van der Waals surface area contributed by atoms with Crippen molar-refractivity contribution in [3.05, 3.63) is 18.2 Å². The largest absolute Gasteiger partial charge is 0.460 e. The Morgan fingerprint density at radius 3 is 2.71 bits per heavy atom. The van der Waals surface area contributed by atoms with E-state index in [1.165, 1.54) is 0 Å². The first-order valence-corrected chi connectivity index (χ1v) is 9.61. The SMILES string of the molecule is CC(C)(C)OC(=O)CCN1CCC(C(=O)Nc2nc3ccc(N)cc3o2)CC1. The number of ether oxygens (including phenoxy) is 1. The molecular formula is C20H28N4O4. The van der Waals surface area contributed by atoms with Crippen LogP contribution in [0.1, 0.15) is 40.0 Å². The molecule has 0 atom stereocenters. The van der Waals surface area contributed by atoms with Gasteiger partial charge in [0.25, 0.3) is 0 Å². The highest BCUT2D eigenvalue weighted by Gasteiger charge is 2.26. The van der Waals surface area contributed by atoms with E-state index in [4.69, 9.17) is 14.9 Å². The molecule has 8 heteroatoms. The summed E-state index contributed by atoms with van der Waals surface area (Å²) in [7, 11) is 0. The number of hydrogen-bond acceptors (Lipinski definition) is 7. The van der Waals surface area contributed by atoms with Gasteiger partial charge >= 0.3 is 12.0 Å². The van der Waals surface area contributed by atoms with Crippen molar-refractivity contribution in [3.8, 4) is 0 Å². The predicted molar refractivity (Wildman–Crippen MR) is 107 cm³/mol. The van der Waals surface area contributed by atoms with E-state index in [2.05, 4.69) is 15.2 Å². The lowest BCUT2D eigenvalue weighted by Gasteiger charge is -2.31. The van der Waals surface area contributed by atoms with Crippen LogP contribution < -0.4 is 11.1 Å². The molecule has 3 N–H and O–H groups in total. The van der Waals surface area contributed by atoms with E-state index in [9.17, 15) is 9.59 Å². The number of nitrogens with one attached hydrogen (secondary N) is 1. The summed E-state index contributed by atoms with van der Waals surface area (Å²) in [6.07, 6.45) is 1.82. The van der Waals surface area contributed by atoms with E-state index >= 15 is 0 Å². The molecular weight excluding hydrogens is 360 g/mol. The predicted octanol–water partition coefficient (Wildman–Crippen LogP) is 2.79. The molecule has 2 aromatic rings. The lowest BCUT2D eigenvalue weighted by atomic mass is 9.96. The van der Waals surface area contributed by atoms with Gasteiger partial charge in [0.1, 0.15) is 11.1 Å². The highest BCUT2D eigenvalue weighted by atomic mass is 16.6. The maximum atomic E-state index is 12.5. The number of rotatable bonds is 5. The quantitative estimate of drug-likeness (QED) is 0.598. The highest BCUT2D eigenvalue weighted by Crippen LogP contribution is 2.23. The topological polar surface area (TPSA) is 111 Å². The van der Waals surface area contributed by atoms with Crippen LogP contribution in [0.15, 0.2) is 22.6 Å². The molecule has 1 aliphatic heterocycles. The smallest absolute Gasteiger partial charge is 0.307 e. The number of hydrogen-bond donors (Lipinski definition) is 2. The molecule has 8 nitrogen and oxygen atoms in total. The fourth-order valence-electron chi connectivity index (χ4n) is 3.26. The van der Waals surface area contributed by atoms with E-state index in [0.29, 0.717) is 29.8 Å². The minimum atomic E-state index is -0.460. The minimum absolute atomic E-state index is 0.0914. The molecule has 0 spiro atoms. The summed E-state index contributed by atoms with van der Waals surface area (Å²) in [5.41, 5.74) is 7.06. The Labute approximate surface area is 164 Å². The average Bonchev–Trinajstić information content (AvgIpc) is 3.00. The van der Waals surface area contributed by atoms with Crippen LogP contribution in [-0.4, -0.2) is 47.0 Å². The standard InChI is InChI=1S/C20H28N4O4/c1-20(2,3)28-17(25)8-11-24-9-6-13(7-10-24)18(26)23-19-22-15-5-4-14(21)12-16(15)27-19/h4-5,12-13H,6-11,21H2,1-3H3,(H,22,23,26). The number of nitrogens with two attached hydrogens (primary N) is 1. The van der Waals surface area contributed by atoms with E-state index < -0.39 is 5.60 Å². The molecule has 3 rings (SSSR count). The van der Waals surface area contributed by atoms with Gasteiger partial charge in [0, 0.05) is 24.2 Å². The van der Waals surface area contributed by atoms with Crippen molar-refractivity contribution >= 4 is 34.7 Å². The number of anilines is 2. The number of esters is 1. The van der Waals surface area contributed by atoms with Crippen molar-refractivity contribution in [1.82, 2.24) is 9.88 Å². The lowest BCUT2D eigenvalue weighted by Crippen LogP contribution is -2.39. The molecule has 1 saturated heterocycles. The van der Waals surface area contributed by atoms with Gasteiger partial charge in [-0.15, -0.1) is 0 Å². The van der Waals surface area contributed by atoms with Gasteiger partial charge < -0.3 is 19.8 Å². The van der Waals surface area contributed by atoms with Gasteiger partial charge in [0.15, 0.2) is 5.58 Å². The highest BCUT2D eigenvalue weighted by molar-refractivity contribution is 5.92. The maximum absolute atomic E-state index is 12.5. The van der Waals surface area contributed by atoms with Crippen LogP contribution in [0.2, 0.25) is 0 Å². The zero-order valence-electron chi connectivity index (χ0n) is 16.7. The number of oxazole rings is 1. The monoisotopic (exact) mass is 388 g/mol. The number of aromatic nitrogens is 1. The fourth-order valence-corrected chi connectivity index (χ4v) is 3.26. The Morgan fingerprint density at radius 2 is 2.04 bits per heavy atom. The van der Waals surface area contributed by atoms with Gasteiger partial charge in [-0.05, 0) is 58.8 Å². The van der Waals surface area contributed by atoms with Crippen LogP contribution in [0.25, 0.3) is 11.1 Å². The van der Waals surface area contributed by atoms with E-state index in [-0.39, 0.29) is 23.8 Å². The molecule has 152 valence electrons. The molecule has 1 aromatic heterocycles. The van der Waals surface area contributed by atoms with Crippen molar-refractivity contribution in [2.45, 2.75) is 45.6 Å². The van der Waals surface area contributed by atoms with Gasteiger partial charge in [0.05, 0.1) is 6.42 Å². The number of carbonyl (C=O) groups excluding carboxylic acids is 2. The lowest BCUT2D eigenvalue weighted by molar-refractivity contribution is -0.155. The molecule has 1 amide bonds. The Kier molecular flexibility index (Phi) is 5.88. The van der Waals surface area contributed by atoms with Crippen LogP contribution >= 0.6 is 0 Å². The summed E-state index contributed by atoms with van der Waals surface area (Å²) in [6, 6.07) is 5.37. The van der Waals surface area contributed by atoms with Gasteiger partial charge in [-0.2, -0.15) is 4.98 Å². The van der Waals surface area contributed by atoms with Crippen molar-refractivity contribution in [1.29, 1.82) is 0 Å². The Bertz CT molecular complexity index is 847. The number of amides is 1. The Balaban J connectivity index is 1.45. The molecule has 1 aromatic carbocycles. The maximum Gasteiger partial charge on any atom is 0.307 e. The molecule has 28 heavy (non-hydrogen) atoms. The van der Waals surface area contributed by atoms with Crippen LogP contribution in [0.3, 0.4) is 0 Å². The summed E-state index contributed by atoms with van der Waals surface area (Å²) < 4.78 is 10.9. The molecule has 0 unspecified atom stereocenters. The first-order valence-electron chi connectivity index (χ1n) is 9.61. The number of benzene rings is 1. The van der Waals surface area contributed by atoms with Crippen molar-refractivity contribution in [3.63, 3.8) is 0 Å². The number of fused-ring (bicyclic) bond motifs is 1. The fraction of sp³-hybridized carbons (Fsp3) is 0.550. The Morgan fingerprint density at radius 1 is 1.32 bits per heavy atom. The minimum Gasteiger partial charge on any atom is -0.460 e. The summed E-state index contributed by atoms with van der Waals surface area (Å²) in [4.78, 5) is 30.8. The van der Waals surface area contributed by atoms with E-state index in [1.54, 1.807) is 18.2 Å². The number of likely N-dealkylation sites (tertiary alicyclic amines) is 1. The molecule has 1 fully saturated rings. The third kappa shape index (κ3) is 5.45. The van der Waals surface area contributed by atoms with Crippen LogP contribution in [0, 0.1) is 5.92 Å². The Hall–Kier alpha value is -2.61. The number of nitrogens with zero attached hydrogens (tertiary/aromatic N) is 2. The second-order valence-corrected chi connectivity index (χ2v) is 8.19. The molecule has 1 aliphatic rings. The molecule has 0 aliphatic carbocycles. The van der Waals surface area contributed by atoms with Gasteiger partial charge in [-0.1, -0.05) is 0 Å². The molecule has 0 bridgehead atoms. The van der Waals surface area contributed by atoms with Crippen LogP contribution in [0.4, 0.5) is 11.7 Å². The number of nitrogen functional groups attached to an aromatic ring is 1. The van der Waals surface area contributed by atoms with E-state index in [0.717, 1.165) is 25.9 Å². The van der Waals surface area contributed by atoms with Crippen molar-refractivity contribution in [2.24, 2.45) is 5.92 Å². The first kappa shape index (κ1) is 20.1. The average molecular weight is 388 g/mol. The summed E-state index contributed by atoms with van der Waals surface area (Å²) in [5, 5.41) is 2.76. The number of piperidine rings is 1. The number of carbonyl (C=O) groups is 2. The second kappa shape index (κ2) is 8.18. The first-order chi connectivity index (χ1) is 13.2. The third-order valence-electron chi connectivity index (χ3n) is 4.65. The van der Waals surface area contributed by atoms with Crippen LogP contribution in [-0.2, 0) is 14.3 Å². The summed E-state index contributed by atoms with van der Waals surface area (Å²) in [6.45, 7) is 7.77. The zero-order valence-corrected chi connectivity index (χ0v) is 16.7. The van der Waals surface area contributed by atoms with Gasteiger partial charge in [0.2, 0.25) is 5.91 Å².